The lowest BCUT2D eigenvalue weighted by Gasteiger charge is -2.07. The number of rotatable bonds is 3. The van der Waals surface area contributed by atoms with Crippen molar-refractivity contribution >= 4 is 5.78 Å². The van der Waals surface area contributed by atoms with E-state index < -0.39 is 6.61 Å². The van der Waals surface area contributed by atoms with Gasteiger partial charge in [-0.1, -0.05) is 0 Å². The second-order valence-corrected chi connectivity index (χ2v) is 4.04. The number of hydrogen-bond donors (Lipinski definition) is 1. The Kier molecular flexibility index (Phi) is 3.20. The monoisotopic (exact) mass is 246 g/mol. The van der Waals surface area contributed by atoms with Gasteiger partial charge in [0.05, 0.1) is 11.9 Å². The van der Waals surface area contributed by atoms with Gasteiger partial charge in [0.1, 0.15) is 18.6 Å². The summed E-state index contributed by atoms with van der Waals surface area (Å²) in [6.07, 6.45) is 3.04. The second kappa shape index (κ2) is 4.66. The zero-order valence-corrected chi connectivity index (χ0v) is 10.5. The number of carbonyl (C=O) groups is 1. The molecule has 0 amide bonds. The van der Waals surface area contributed by atoms with Crippen LogP contribution >= 0.6 is 0 Å². The summed E-state index contributed by atoms with van der Waals surface area (Å²) in [6, 6.07) is 0. The number of aromatic nitrogens is 4. The molecule has 18 heavy (non-hydrogen) atoms. The van der Waals surface area contributed by atoms with Crippen molar-refractivity contribution < 1.29 is 9.90 Å². The van der Waals surface area contributed by atoms with E-state index >= 15 is 0 Å². The molecular formula is C12H14N4O2. The number of aliphatic hydroxyl groups excluding tert-OH is 1. The van der Waals surface area contributed by atoms with Crippen molar-refractivity contribution in [1.82, 2.24) is 19.7 Å². The molecule has 0 aliphatic rings. The fourth-order valence-electron chi connectivity index (χ4n) is 1.83. The predicted molar refractivity (Wildman–Crippen MR) is 65.1 cm³/mol. The SMILES string of the molecule is Cc1ncnc(-c2cnn(C)c2C(=O)CO)c1C. The summed E-state index contributed by atoms with van der Waals surface area (Å²) in [5.41, 5.74) is 3.41. The van der Waals surface area contributed by atoms with Gasteiger partial charge in [-0.05, 0) is 19.4 Å². The minimum absolute atomic E-state index is 0.360. The third kappa shape index (κ3) is 1.91. The molecule has 2 aromatic heterocycles. The van der Waals surface area contributed by atoms with Crippen LogP contribution in [0.3, 0.4) is 0 Å². The molecule has 0 fully saturated rings. The molecule has 0 bridgehead atoms. The molecule has 2 rings (SSSR count). The second-order valence-electron chi connectivity index (χ2n) is 4.04. The van der Waals surface area contributed by atoms with Crippen LogP contribution in [-0.4, -0.2) is 37.2 Å². The van der Waals surface area contributed by atoms with Crippen molar-refractivity contribution in [2.75, 3.05) is 6.61 Å². The van der Waals surface area contributed by atoms with Gasteiger partial charge >= 0.3 is 0 Å². The predicted octanol–water partition coefficient (Wildman–Crippen LogP) is 0.669. The molecule has 94 valence electrons. The molecule has 1 N–H and O–H groups in total. The number of carbonyl (C=O) groups excluding carboxylic acids is 1. The van der Waals surface area contributed by atoms with Gasteiger partial charge in [0.25, 0.3) is 0 Å². The number of aliphatic hydroxyl groups is 1. The van der Waals surface area contributed by atoms with Gasteiger partial charge in [0.15, 0.2) is 0 Å². The Morgan fingerprint density at radius 1 is 1.39 bits per heavy atom. The molecule has 2 heterocycles. The van der Waals surface area contributed by atoms with Gasteiger partial charge in [-0.25, -0.2) is 9.97 Å². The molecule has 0 saturated carbocycles. The molecule has 0 unspecified atom stereocenters. The van der Waals surface area contributed by atoms with Crippen molar-refractivity contribution in [2.45, 2.75) is 13.8 Å². The molecular weight excluding hydrogens is 232 g/mol. The maximum Gasteiger partial charge on any atom is 0.206 e. The first kappa shape index (κ1) is 12.4. The topological polar surface area (TPSA) is 80.9 Å². The van der Waals surface area contributed by atoms with Gasteiger partial charge in [-0.2, -0.15) is 5.10 Å². The lowest BCUT2D eigenvalue weighted by molar-refractivity contribution is 0.0895. The van der Waals surface area contributed by atoms with E-state index in [-0.39, 0.29) is 5.78 Å². The van der Waals surface area contributed by atoms with E-state index in [0.717, 1.165) is 11.3 Å². The fourth-order valence-corrected chi connectivity index (χ4v) is 1.83. The van der Waals surface area contributed by atoms with Crippen molar-refractivity contribution in [2.24, 2.45) is 7.05 Å². The molecule has 6 nitrogen and oxygen atoms in total. The van der Waals surface area contributed by atoms with E-state index in [4.69, 9.17) is 5.11 Å². The molecule has 0 aliphatic carbocycles. The summed E-state index contributed by atoms with van der Waals surface area (Å²) in [4.78, 5) is 20.0. The molecule has 0 aliphatic heterocycles. The molecule has 0 saturated heterocycles. The third-order valence-electron chi connectivity index (χ3n) is 2.94. The third-order valence-corrected chi connectivity index (χ3v) is 2.94. The van der Waals surface area contributed by atoms with Gasteiger partial charge in [-0.3, -0.25) is 9.48 Å². The van der Waals surface area contributed by atoms with Crippen LogP contribution in [0.5, 0.6) is 0 Å². The standard InChI is InChI=1S/C12H14N4O2/c1-7-8(2)13-6-14-11(7)9-4-15-16(3)12(9)10(18)5-17/h4,6,17H,5H2,1-3H3. The summed E-state index contributed by atoms with van der Waals surface area (Å²) < 4.78 is 1.45. The number of aryl methyl sites for hydroxylation is 2. The van der Waals surface area contributed by atoms with Crippen LogP contribution in [0.15, 0.2) is 12.5 Å². The van der Waals surface area contributed by atoms with E-state index in [1.807, 2.05) is 13.8 Å². The molecule has 6 heteroatoms. The van der Waals surface area contributed by atoms with E-state index in [1.165, 1.54) is 11.0 Å². The highest BCUT2D eigenvalue weighted by atomic mass is 16.3. The largest absolute Gasteiger partial charge is 0.388 e. The summed E-state index contributed by atoms with van der Waals surface area (Å²) >= 11 is 0. The highest BCUT2D eigenvalue weighted by molar-refractivity contribution is 6.01. The van der Waals surface area contributed by atoms with E-state index in [2.05, 4.69) is 15.1 Å². The van der Waals surface area contributed by atoms with Crippen molar-refractivity contribution in [3.63, 3.8) is 0 Å². The molecule has 2 aromatic rings. The van der Waals surface area contributed by atoms with Gasteiger partial charge in [0.2, 0.25) is 5.78 Å². The highest BCUT2D eigenvalue weighted by Gasteiger charge is 2.20. The van der Waals surface area contributed by atoms with Crippen LogP contribution in [0.25, 0.3) is 11.3 Å². The van der Waals surface area contributed by atoms with Crippen LogP contribution in [0, 0.1) is 13.8 Å². The minimum atomic E-state index is -0.546. The van der Waals surface area contributed by atoms with Crippen LogP contribution in [0.1, 0.15) is 21.7 Å². The Balaban J connectivity index is 2.65. The number of nitrogens with zero attached hydrogens (tertiary/aromatic N) is 4. The summed E-state index contributed by atoms with van der Waals surface area (Å²) in [5.74, 6) is -0.374. The summed E-state index contributed by atoms with van der Waals surface area (Å²) in [7, 11) is 1.66. The maximum atomic E-state index is 11.7. The molecule has 0 spiro atoms. The first-order valence-electron chi connectivity index (χ1n) is 5.51. The number of Topliss-reactive ketones (excluding diaryl/α,β-unsaturated/α-hetero) is 1. The Morgan fingerprint density at radius 3 is 2.78 bits per heavy atom. The van der Waals surface area contributed by atoms with Gasteiger partial charge in [0, 0.05) is 18.3 Å². The number of ketones is 1. The van der Waals surface area contributed by atoms with Gasteiger partial charge < -0.3 is 5.11 Å². The Bertz CT molecular complexity index is 604. The van der Waals surface area contributed by atoms with Crippen molar-refractivity contribution in [3.8, 4) is 11.3 Å². The quantitative estimate of drug-likeness (QED) is 0.805. The highest BCUT2D eigenvalue weighted by Crippen LogP contribution is 2.25. The first-order valence-corrected chi connectivity index (χ1v) is 5.51. The van der Waals surface area contributed by atoms with E-state index in [0.29, 0.717) is 17.0 Å². The zero-order valence-electron chi connectivity index (χ0n) is 10.5. The Hall–Kier alpha value is -2.08. The Morgan fingerprint density at radius 2 is 2.11 bits per heavy atom. The normalized spacial score (nSPS) is 10.7. The van der Waals surface area contributed by atoms with Gasteiger partial charge in [-0.15, -0.1) is 0 Å². The summed E-state index contributed by atoms with van der Waals surface area (Å²) in [6.45, 7) is 3.23. The van der Waals surface area contributed by atoms with Crippen LogP contribution in [0.2, 0.25) is 0 Å². The zero-order chi connectivity index (χ0) is 13.3. The summed E-state index contributed by atoms with van der Waals surface area (Å²) in [5, 5.41) is 13.1. The molecule has 0 aromatic carbocycles. The maximum absolute atomic E-state index is 11.7. The molecule has 0 atom stereocenters. The van der Waals surface area contributed by atoms with Crippen LogP contribution in [-0.2, 0) is 7.05 Å². The minimum Gasteiger partial charge on any atom is -0.388 e. The van der Waals surface area contributed by atoms with Crippen LogP contribution < -0.4 is 0 Å². The average molecular weight is 246 g/mol. The lowest BCUT2D eigenvalue weighted by Crippen LogP contribution is -2.12. The van der Waals surface area contributed by atoms with Crippen molar-refractivity contribution in [1.29, 1.82) is 0 Å². The smallest absolute Gasteiger partial charge is 0.206 e. The fraction of sp³-hybridized carbons (Fsp3) is 0.333. The van der Waals surface area contributed by atoms with Crippen LogP contribution in [0.4, 0.5) is 0 Å². The van der Waals surface area contributed by atoms with Crippen molar-refractivity contribution in [3.05, 3.63) is 29.5 Å². The Labute approximate surface area is 104 Å². The number of hydrogen-bond acceptors (Lipinski definition) is 5. The molecule has 0 radical (unpaired) electrons. The van der Waals surface area contributed by atoms with E-state index in [1.54, 1.807) is 13.2 Å². The van der Waals surface area contributed by atoms with E-state index in [9.17, 15) is 4.79 Å². The lowest BCUT2D eigenvalue weighted by atomic mass is 10.0. The average Bonchev–Trinajstić information content (AvgIpc) is 2.73. The first-order chi connectivity index (χ1) is 8.56.